The number of aromatic nitrogens is 1. The van der Waals surface area contributed by atoms with Gasteiger partial charge in [-0.25, -0.2) is 9.18 Å². The summed E-state index contributed by atoms with van der Waals surface area (Å²) in [6, 6.07) is 15.4. The maximum absolute atomic E-state index is 13.1. The molecule has 2 amide bonds. The quantitative estimate of drug-likeness (QED) is 0.297. The largest absolute Gasteiger partial charge is 0.493 e. The summed E-state index contributed by atoms with van der Waals surface area (Å²) in [5, 5.41) is 6.54. The first-order valence-corrected chi connectivity index (χ1v) is 11.1. The van der Waals surface area contributed by atoms with Crippen LogP contribution in [0, 0.1) is 5.82 Å². The number of benzene rings is 3. The van der Waals surface area contributed by atoms with Gasteiger partial charge in [0.25, 0.3) is 0 Å². The lowest BCUT2D eigenvalue weighted by molar-refractivity contribution is 0.249. The number of amides is 2. The summed E-state index contributed by atoms with van der Waals surface area (Å²) in [6.45, 7) is 1.80. The molecule has 180 valence electrons. The van der Waals surface area contributed by atoms with Crippen molar-refractivity contribution in [2.75, 3.05) is 19.5 Å². The van der Waals surface area contributed by atoms with Crippen molar-refractivity contribution in [2.24, 2.45) is 0 Å². The highest BCUT2D eigenvalue weighted by Gasteiger charge is 2.14. The van der Waals surface area contributed by atoms with Crippen molar-refractivity contribution in [3.63, 3.8) is 0 Å². The zero-order valence-electron chi connectivity index (χ0n) is 19.3. The molecule has 1 unspecified atom stereocenters. The number of carbonyl (C=O) groups is 1. The number of urea groups is 1. The summed E-state index contributed by atoms with van der Waals surface area (Å²) in [7, 11) is 3.12. The van der Waals surface area contributed by atoms with E-state index in [2.05, 4.69) is 15.6 Å². The fourth-order valence-corrected chi connectivity index (χ4v) is 3.73. The predicted octanol–water partition coefficient (Wildman–Crippen LogP) is 6.72. The number of pyridine rings is 1. The molecule has 0 aliphatic carbocycles. The van der Waals surface area contributed by atoms with E-state index in [-0.39, 0.29) is 11.9 Å². The van der Waals surface area contributed by atoms with E-state index in [0.29, 0.717) is 39.2 Å². The molecule has 0 aliphatic heterocycles. The van der Waals surface area contributed by atoms with E-state index in [1.807, 2.05) is 0 Å². The van der Waals surface area contributed by atoms with Crippen molar-refractivity contribution in [3.8, 4) is 23.0 Å². The molecule has 0 saturated carbocycles. The molecule has 4 aromatic rings. The normalized spacial score (nSPS) is 11.6. The predicted molar refractivity (Wildman–Crippen MR) is 133 cm³/mol. The zero-order valence-corrected chi connectivity index (χ0v) is 20.0. The Bertz CT molecular complexity index is 1370. The molecule has 0 radical (unpaired) electrons. The average molecular weight is 496 g/mol. The van der Waals surface area contributed by atoms with Gasteiger partial charge in [-0.05, 0) is 48.9 Å². The number of anilines is 1. The van der Waals surface area contributed by atoms with Crippen LogP contribution >= 0.6 is 11.6 Å². The molecule has 0 spiro atoms. The molecule has 9 heteroatoms. The number of methoxy groups -OCH3 is 2. The zero-order chi connectivity index (χ0) is 24.9. The second-order valence-corrected chi connectivity index (χ2v) is 8.06. The molecule has 0 fully saturated rings. The molecule has 7 nitrogen and oxygen atoms in total. The summed E-state index contributed by atoms with van der Waals surface area (Å²) < 4.78 is 29.9. The van der Waals surface area contributed by atoms with Gasteiger partial charge in [-0.1, -0.05) is 23.7 Å². The fourth-order valence-electron chi connectivity index (χ4n) is 3.51. The Morgan fingerprint density at radius 3 is 2.37 bits per heavy atom. The van der Waals surface area contributed by atoms with Crippen molar-refractivity contribution in [1.29, 1.82) is 0 Å². The first kappa shape index (κ1) is 24.1. The average Bonchev–Trinajstić information content (AvgIpc) is 2.85. The van der Waals surface area contributed by atoms with Crippen LogP contribution in [0.1, 0.15) is 18.5 Å². The van der Waals surface area contributed by atoms with Gasteiger partial charge in [0.2, 0.25) is 0 Å². The Labute approximate surface area is 206 Å². The first-order chi connectivity index (χ1) is 16.9. The highest BCUT2D eigenvalue weighted by molar-refractivity contribution is 6.33. The number of rotatable bonds is 7. The smallest absolute Gasteiger partial charge is 0.319 e. The molecule has 1 heterocycles. The second kappa shape index (κ2) is 10.5. The van der Waals surface area contributed by atoms with Gasteiger partial charge >= 0.3 is 6.03 Å². The third kappa shape index (κ3) is 5.55. The molecule has 0 aliphatic rings. The molecule has 0 saturated heterocycles. The monoisotopic (exact) mass is 495 g/mol. The van der Waals surface area contributed by atoms with Crippen LogP contribution in [-0.4, -0.2) is 25.2 Å². The number of ether oxygens (including phenoxy) is 3. The number of nitrogens with zero attached hydrogens (tertiary/aromatic N) is 1. The van der Waals surface area contributed by atoms with Crippen molar-refractivity contribution < 1.29 is 23.4 Å². The van der Waals surface area contributed by atoms with E-state index in [4.69, 9.17) is 25.8 Å². The summed E-state index contributed by atoms with van der Waals surface area (Å²) in [5.74, 6) is 1.81. The highest BCUT2D eigenvalue weighted by atomic mass is 35.5. The van der Waals surface area contributed by atoms with Crippen molar-refractivity contribution in [2.45, 2.75) is 13.0 Å². The number of carbonyl (C=O) groups excluding carboxylic acids is 1. The summed E-state index contributed by atoms with van der Waals surface area (Å²) in [5.41, 5.74) is 1.86. The lowest BCUT2D eigenvalue weighted by atomic mass is 10.1. The minimum atomic E-state index is -0.446. The minimum Gasteiger partial charge on any atom is -0.493 e. The van der Waals surface area contributed by atoms with Crippen LogP contribution in [0.3, 0.4) is 0 Å². The van der Waals surface area contributed by atoms with Gasteiger partial charge in [0.05, 0.1) is 36.5 Å². The van der Waals surface area contributed by atoms with Gasteiger partial charge in [0.1, 0.15) is 17.3 Å². The van der Waals surface area contributed by atoms with E-state index < -0.39 is 6.03 Å². The SMILES string of the molecule is COc1cc2nccc(Oc3ccc(NC(=O)NC(C)c4ccc(F)cc4)c(Cl)c3)c2cc1OC. The van der Waals surface area contributed by atoms with Gasteiger partial charge < -0.3 is 24.8 Å². The van der Waals surface area contributed by atoms with Gasteiger partial charge in [0, 0.05) is 23.7 Å². The van der Waals surface area contributed by atoms with Crippen LogP contribution in [0.2, 0.25) is 5.02 Å². The topological polar surface area (TPSA) is 81.7 Å². The molecule has 35 heavy (non-hydrogen) atoms. The van der Waals surface area contributed by atoms with Crippen LogP contribution in [-0.2, 0) is 0 Å². The number of halogens is 2. The molecule has 0 bridgehead atoms. The van der Waals surface area contributed by atoms with Gasteiger partial charge in [-0.2, -0.15) is 0 Å². The molecule has 1 atom stereocenters. The van der Waals surface area contributed by atoms with Crippen LogP contribution in [0.15, 0.2) is 66.9 Å². The highest BCUT2D eigenvalue weighted by Crippen LogP contribution is 2.37. The van der Waals surface area contributed by atoms with E-state index in [1.54, 1.807) is 75.9 Å². The summed E-state index contributed by atoms with van der Waals surface area (Å²) in [6.07, 6.45) is 1.63. The van der Waals surface area contributed by atoms with Gasteiger partial charge in [-0.3, -0.25) is 4.98 Å². The number of nitrogens with one attached hydrogen (secondary N) is 2. The van der Waals surface area contributed by atoms with Crippen molar-refractivity contribution in [1.82, 2.24) is 10.3 Å². The molecule has 2 N–H and O–H groups in total. The Kier molecular flexibility index (Phi) is 7.22. The van der Waals surface area contributed by atoms with Crippen molar-refractivity contribution >= 4 is 34.2 Å². The van der Waals surface area contributed by atoms with Crippen LogP contribution in [0.4, 0.5) is 14.9 Å². The molecular formula is C26H23ClFN3O4. The Morgan fingerprint density at radius 2 is 1.69 bits per heavy atom. The van der Waals surface area contributed by atoms with E-state index in [9.17, 15) is 9.18 Å². The third-order valence-electron chi connectivity index (χ3n) is 5.34. The minimum absolute atomic E-state index is 0.296. The van der Waals surface area contributed by atoms with Crippen LogP contribution in [0.5, 0.6) is 23.0 Å². The van der Waals surface area contributed by atoms with Gasteiger partial charge in [0.15, 0.2) is 11.5 Å². The van der Waals surface area contributed by atoms with Gasteiger partial charge in [-0.15, -0.1) is 0 Å². The van der Waals surface area contributed by atoms with Crippen LogP contribution < -0.4 is 24.8 Å². The third-order valence-corrected chi connectivity index (χ3v) is 5.65. The van der Waals surface area contributed by atoms with Crippen molar-refractivity contribution in [3.05, 3.63) is 83.3 Å². The maximum atomic E-state index is 13.1. The summed E-state index contributed by atoms with van der Waals surface area (Å²) in [4.78, 5) is 16.8. The summed E-state index contributed by atoms with van der Waals surface area (Å²) >= 11 is 6.40. The molecule has 1 aromatic heterocycles. The van der Waals surface area contributed by atoms with E-state index in [1.165, 1.54) is 12.1 Å². The Hall–Kier alpha value is -4.04. The first-order valence-electron chi connectivity index (χ1n) is 10.7. The number of fused-ring (bicyclic) bond motifs is 1. The van der Waals surface area contributed by atoms with E-state index >= 15 is 0 Å². The molecule has 3 aromatic carbocycles. The lowest BCUT2D eigenvalue weighted by Gasteiger charge is -2.16. The van der Waals surface area contributed by atoms with Crippen LogP contribution in [0.25, 0.3) is 10.9 Å². The second-order valence-electron chi connectivity index (χ2n) is 7.65. The standard InChI is InChI=1S/C26H23ClFN3O4/c1-15(16-4-6-17(28)7-5-16)30-26(32)31-21-9-8-18(12-20(21)27)35-23-10-11-29-22-14-25(34-3)24(33-2)13-19(22)23/h4-15H,1-3H3,(H2,30,31,32). The maximum Gasteiger partial charge on any atom is 0.319 e. The molecular weight excluding hydrogens is 473 g/mol. The lowest BCUT2D eigenvalue weighted by Crippen LogP contribution is -2.31. The Morgan fingerprint density at radius 1 is 0.971 bits per heavy atom. The Balaban J connectivity index is 1.48. The van der Waals surface area contributed by atoms with E-state index in [0.717, 1.165) is 10.9 Å². The number of hydrogen-bond acceptors (Lipinski definition) is 5. The fraction of sp³-hybridized carbons (Fsp3) is 0.154. The number of hydrogen-bond donors (Lipinski definition) is 2. The molecule has 4 rings (SSSR count).